The van der Waals surface area contributed by atoms with E-state index in [1.165, 1.54) is 0 Å². The Balaban J connectivity index is 2.49. The number of hydrogen-bond donors (Lipinski definition) is 0. The number of carbonyl (C=O) groups is 2. The number of carbonyl (C=O) groups excluding carboxylic acids is 2. The predicted octanol–water partition coefficient (Wildman–Crippen LogP) is 7.22. The summed E-state index contributed by atoms with van der Waals surface area (Å²) in [5.41, 5.74) is -10.1. The Kier molecular flexibility index (Phi) is 6.65. The fourth-order valence-electron chi connectivity index (χ4n) is 2.58. The highest BCUT2D eigenvalue weighted by molar-refractivity contribution is 6.13. The summed E-state index contributed by atoms with van der Waals surface area (Å²) in [5, 5.41) is 0. The quantitative estimate of drug-likeness (QED) is 0.255. The molecule has 0 aliphatic rings. The molecule has 2 rings (SSSR count). The molecule has 0 spiro atoms. The van der Waals surface area contributed by atoms with Gasteiger partial charge in [-0.2, -0.15) is 52.7 Å². The van der Waals surface area contributed by atoms with Crippen molar-refractivity contribution < 1.29 is 62.3 Å². The van der Waals surface area contributed by atoms with Gasteiger partial charge < -0.3 is 0 Å². The normalized spacial score (nSPS) is 13.2. The van der Waals surface area contributed by atoms with Crippen molar-refractivity contribution in [1.82, 2.24) is 0 Å². The summed E-state index contributed by atoms with van der Waals surface area (Å²) in [6, 6.07) is -0.672. The van der Waals surface area contributed by atoms with Crippen molar-refractivity contribution in [2.75, 3.05) is 0 Å². The maximum absolute atomic E-state index is 12.9. The van der Waals surface area contributed by atoms with Crippen molar-refractivity contribution >= 4 is 11.6 Å². The lowest BCUT2D eigenvalue weighted by atomic mass is 9.95. The third kappa shape index (κ3) is 6.48. The first-order chi connectivity index (χ1) is 14.7. The van der Waals surface area contributed by atoms with E-state index in [2.05, 4.69) is 0 Å². The number of hydrogen-bond acceptors (Lipinski definition) is 2. The molecule has 0 saturated heterocycles. The van der Waals surface area contributed by atoms with Crippen molar-refractivity contribution in [3.8, 4) is 0 Å². The minimum atomic E-state index is -5.33. The van der Waals surface area contributed by atoms with Crippen LogP contribution in [0.3, 0.4) is 0 Å². The van der Waals surface area contributed by atoms with Crippen LogP contribution in [-0.4, -0.2) is 11.6 Å². The molecule has 2 nitrogen and oxygen atoms in total. The maximum Gasteiger partial charge on any atom is 0.416 e. The molecular weight excluding hydrogens is 488 g/mol. The number of rotatable bonds is 4. The molecule has 0 aliphatic heterocycles. The van der Waals surface area contributed by atoms with Gasteiger partial charge in [-0.1, -0.05) is 0 Å². The van der Waals surface area contributed by atoms with Crippen molar-refractivity contribution in [2.24, 2.45) is 0 Å². The highest BCUT2D eigenvalue weighted by Crippen LogP contribution is 2.38. The molecule has 0 fully saturated rings. The fourth-order valence-corrected chi connectivity index (χ4v) is 2.58. The summed E-state index contributed by atoms with van der Waals surface area (Å²) in [5.74, 6) is -3.36. The number of alkyl halides is 12. The van der Waals surface area contributed by atoms with E-state index in [1.54, 1.807) is 0 Å². The molecule has 0 amide bonds. The molecule has 0 aliphatic carbocycles. The molecule has 0 bridgehead atoms. The molecule has 0 radical (unpaired) electrons. The van der Waals surface area contributed by atoms with Gasteiger partial charge in [-0.05, 0) is 36.4 Å². The first-order valence-corrected chi connectivity index (χ1v) is 8.35. The van der Waals surface area contributed by atoms with Crippen molar-refractivity contribution in [3.05, 3.63) is 69.8 Å². The van der Waals surface area contributed by atoms with Gasteiger partial charge in [-0.25, -0.2) is 0 Å². The lowest BCUT2D eigenvalue weighted by molar-refractivity contribution is -0.144. The average Bonchev–Trinajstić information content (AvgIpc) is 2.64. The Morgan fingerprint density at radius 1 is 0.455 bits per heavy atom. The topological polar surface area (TPSA) is 34.1 Å². The Bertz CT molecular complexity index is 922. The van der Waals surface area contributed by atoms with Gasteiger partial charge in [-0.15, -0.1) is 0 Å². The molecule has 0 unspecified atom stereocenters. The SMILES string of the molecule is O=C(CC(=O)c1cc(C(F)(F)F)cc(C(F)(F)F)c1)c1cc(C(F)(F)F)cc(C(F)(F)F)c1. The van der Waals surface area contributed by atoms with E-state index >= 15 is 0 Å². The molecule has 0 heterocycles. The molecule has 0 atom stereocenters. The van der Waals surface area contributed by atoms with Crippen LogP contribution in [0.15, 0.2) is 36.4 Å². The van der Waals surface area contributed by atoms with Crippen LogP contribution in [-0.2, 0) is 24.7 Å². The van der Waals surface area contributed by atoms with Gasteiger partial charge in [0, 0.05) is 11.1 Å². The van der Waals surface area contributed by atoms with Gasteiger partial charge in [0.1, 0.15) is 0 Å². The molecule has 2 aromatic carbocycles. The first kappa shape index (κ1) is 26.2. The first-order valence-electron chi connectivity index (χ1n) is 8.35. The van der Waals surface area contributed by atoms with Crippen LogP contribution in [0.25, 0.3) is 0 Å². The van der Waals surface area contributed by atoms with Crippen molar-refractivity contribution in [1.29, 1.82) is 0 Å². The van der Waals surface area contributed by atoms with E-state index in [4.69, 9.17) is 0 Å². The van der Waals surface area contributed by atoms with Crippen LogP contribution in [0.1, 0.15) is 49.4 Å². The van der Waals surface area contributed by atoms with Gasteiger partial charge >= 0.3 is 24.7 Å². The minimum absolute atomic E-state index is 0.0157. The third-order valence-corrected chi connectivity index (χ3v) is 4.14. The Hall–Kier alpha value is -3.06. The van der Waals surface area contributed by atoms with Gasteiger partial charge in [0.05, 0.1) is 28.7 Å². The molecular formula is C19H8F12O2. The van der Waals surface area contributed by atoms with E-state index in [9.17, 15) is 62.3 Å². The summed E-state index contributed by atoms with van der Waals surface area (Å²) in [7, 11) is 0. The van der Waals surface area contributed by atoms with E-state index in [0.717, 1.165) is 0 Å². The van der Waals surface area contributed by atoms with Gasteiger partial charge in [0.15, 0.2) is 11.6 Å². The van der Waals surface area contributed by atoms with E-state index in [1.807, 2.05) is 0 Å². The average molecular weight is 496 g/mol. The van der Waals surface area contributed by atoms with Crippen LogP contribution in [0.5, 0.6) is 0 Å². The van der Waals surface area contributed by atoms with Gasteiger partial charge in [0.2, 0.25) is 0 Å². The van der Waals surface area contributed by atoms with Crippen molar-refractivity contribution in [2.45, 2.75) is 31.1 Å². The molecule has 2 aromatic rings. The molecule has 33 heavy (non-hydrogen) atoms. The number of benzene rings is 2. The Morgan fingerprint density at radius 2 is 0.667 bits per heavy atom. The zero-order valence-corrected chi connectivity index (χ0v) is 15.5. The molecule has 0 N–H and O–H groups in total. The van der Waals surface area contributed by atoms with Crippen LogP contribution >= 0.6 is 0 Å². The zero-order valence-electron chi connectivity index (χ0n) is 15.5. The van der Waals surface area contributed by atoms with Crippen LogP contribution in [0.2, 0.25) is 0 Å². The third-order valence-electron chi connectivity index (χ3n) is 4.14. The summed E-state index contributed by atoms with van der Waals surface area (Å²) in [4.78, 5) is 24.3. The maximum atomic E-state index is 12.9. The van der Waals surface area contributed by atoms with E-state index < -0.39 is 76.1 Å². The van der Waals surface area contributed by atoms with Gasteiger partial charge in [-0.3, -0.25) is 9.59 Å². The highest BCUT2D eigenvalue weighted by atomic mass is 19.4. The summed E-state index contributed by atoms with van der Waals surface area (Å²) < 4.78 is 155. The number of halogens is 12. The van der Waals surface area contributed by atoms with Crippen LogP contribution in [0, 0.1) is 0 Å². The molecule has 14 heteroatoms. The predicted molar refractivity (Wildman–Crippen MR) is 86.2 cm³/mol. The fraction of sp³-hybridized carbons (Fsp3) is 0.263. The van der Waals surface area contributed by atoms with Crippen LogP contribution < -0.4 is 0 Å². The van der Waals surface area contributed by atoms with Gasteiger partial charge in [0.25, 0.3) is 0 Å². The standard InChI is InChI=1S/C19H8F12O2/c20-16(21,22)10-1-8(2-11(5-10)17(23,24)25)14(32)7-15(33)9-3-12(18(26,27)28)6-13(4-9)19(29,30)31/h1-6H,7H2. The molecule has 0 aromatic heterocycles. The second kappa shape index (κ2) is 8.37. The van der Waals surface area contributed by atoms with Crippen LogP contribution in [0.4, 0.5) is 52.7 Å². The smallest absolute Gasteiger partial charge is 0.294 e. The number of ketones is 2. The lowest BCUT2D eigenvalue weighted by Gasteiger charge is -2.15. The van der Waals surface area contributed by atoms with E-state index in [0.29, 0.717) is 0 Å². The highest BCUT2D eigenvalue weighted by Gasteiger charge is 2.39. The lowest BCUT2D eigenvalue weighted by Crippen LogP contribution is -2.16. The number of Topliss-reactive ketones (excluding diaryl/α,β-unsaturated/α-hetero) is 2. The Labute approximate surface area is 175 Å². The summed E-state index contributed by atoms with van der Waals surface area (Å²) in [6.45, 7) is 0. The monoisotopic (exact) mass is 496 g/mol. The second-order valence-corrected chi connectivity index (χ2v) is 6.61. The second-order valence-electron chi connectivity index (χ2n) is 6.61. The largest absolute Gasteiger partial charge is 0.416 e. The molecule has 0 saturated carbocycles. The summed E-state index contributed by atoms with van der Waals surface area (Å²) >= 11 is 0. The zero-order chi connectivity index (χ0) is 25.6. The minimum Gasteiger partial charge on any atom is -0.294 e. The molecule has 180 valence electrons. The van der Waals surface area contributed by atoms with Crippen molar-refractivity contribution in [3.63, 3.8) is 0 Å². The van der Waals surface area contributed by atoms with E-state index in [-0.39, 0.29) is 36.4 Å². The Morgan fingerprint density at radius 3 is 0.848 bits per heavy atom. The summed E-state index contributed by atoms with van der Waals surface area (Å²) in [6.07, 6.45) is -22.9.